The number of aromatic nitrogens is 5. The number of carbonyl (C=O) groups is 2. The number of anilines is 2. The number of benzene rings is 2. The molecule has 0 aliphatic rings. The summed E-state index contributed by atoms with van der Waals surface area (Å²) in [5, 5.41) is 48.2. The first-order chi connectivity index (χ1) is 23.1. The molecule has 0 bridgehead atoms. The Hall–Kier alpha value is -2.50. The summed E-state index contributed by atoms with van der Waals surface area (Å²) in [6.07, 6.45) is 2.75. The van der Waals surface area contributed by atoms with Crippen molar-refractivity contribution in [2.45, 2.75) is 29.6 Å². The van der Waals surface area contributed by atoms with E-state index in [9.17, 15) is 46.6 Å². The summed E-state index contributed by atoms with van der Waals surface area (Å²) >= 11 is -2.86. The standard InChI is InChI=1S/C28H27N9O10S2.2K/c1-14(8-22(38)30-16-9-17(48(43)44)11-18(10-16)49(45,46)47)27-31-28-25(15(2)34-37(28)35-27)33-32-20-5-6-21(26-19(20)4-3-7-29-26)36(12-23(39)40)13-24(41)42;;/h3-11,14,30,34,38H,12-13H2,1-2H3,(H,39,40)(H,41,42)(H,43,44)(H,45,46,47);;/q;2*+1/p-2/b22-8+,33-32?;;. The van der Waals surface area contributed by atoms with Crippen molar-refractivity contribution in [3.8, 4) is 0 Å². The van der Waals surface area contributed by atoms with Gasteiger partial charge in [0.05, 0.1) is 27.5 Å². The first-order valence-electron chi connectivity index (χ1n) is 13.9. The van der Waals surface area contributed by atoms with Gasteiger partial charge in [0, 0.05) is 28.1 Å². The van der Waals surface area contributed by atoms with Crippen molar-refractivity contribution < 1.29 is 149 Å². The number of aliphatic hydroxyl groups excluding tert-OH is 1. The van der Waals surface area contributed by atoms with Crippen LogP contribution in [0.3, 0.4) is 0 Å². The first kappa shape index (κ1) is 42.9. The normalized spacial score (nSPS) is 13.1. The number of allylic oxidation sites excluding steroid dienone is 1. The predicted octanol–water partition coefficient (Wildman–Crippen LogP) is -2.93. The Kier molecular flexibility index (Phi) is 15.2. The average molecular weight is 790 g/mol. The molecule has 0 saturated heterocycles. The molecule has 3 heterocycles. The number of H-pyrrole nitrogens is 1. The van der Waals surface area contributed by atoms with Gasteiger partial charge in [0.15, 0.2) is 17.4 Å². The topological polar surface area (TPSA) is 291 Å². The number of nitrogens with one attached hydrogen (secondary N) is 2. The molecule has 0 saturated carbocycles. The van der Waals surface area contributed by atoms with Gasteiger partial charge in [-0.1, -0.05) is 6.92 Å². The molecule has 0 spiro atoms. The molecule has 0 amide bonds. The Labute approximate surface area is 376 Å². The van der Waals surface area contributed by atoms with Gasteiger partial charge < -0.3 is 34.6 Å². The zero-order valence-electron chi connectivity index (χ0n) is 27.3. The molecule has 0 radical (unpaired) electrons. The maximum atomic E-state index is 11.5. The van der Waals surface area contributed by atoms with E-state index in [1.54, 1.807) is 32.0 Å². The van der Waals surface area contributed by atoms with Gasteiger partial charge in [0.2, 0.25) is 5.65 Å². The van der Waals surface area contributed by atoms with Crippen LogP contribution in [0.2, 0.25) is 0 Å². The molecule has 0 fully saturated rings. The number of pyridine rings is 1. The van der Waals surface area contributed by atoms with Crippen molar-refractivity contribution in [3.05, 3.63) is 72.1 Å². The minimum absolute atomic E-state index is 0. The molecule has 5 rings (SSSR count). The van der Waals surface area contributed by atoms with Crippen LogP contribution in [0.4, 0.5) is 22.7 Å². The van der Waals surface area contributed by atoms with Gasteiger partial charge in [-0.3, -0.25) is 23.9 Å². The van der Waals surface area contributed by atoms with Gasteiger partial charge in [0.1, 0.15) is 23.2 Å². The van der Waals surface area contributed by atoms with Crippen LogP contribution < -0.4 is 113 Å². The molecule has 2 unspecified atom stereocenters. The summed E-state index contributed by atoms with van der Waals surface area (Å²) in [4.78, 5) is 31.5. The van der Waals surface area contributed by atoms with E-state index in [1.165, 1.54) is 27.9 Å². The number of azo groups is 1. The van der Waals surface area contributed by atoms with Gasteiger partial charge in [-0.2, -0.15) is 4.63 Å². The van der Waals surface area contributed by atoms with Crippen LogP contribution in [0.15, 0.2) is 80.6 Å². The fourth-order valence-electron chi connectivity index (χ4n) is 4.78. The SMILES string of the molecule is Cc1[nH]n2nc(C(C)/C=C(/O)Nc3cc(S(=O)[O-])cc(S(=O)(=O)[O-])c3)nc2c1N=Nc1ccc(N(CC(=O)O)CC(=O)O)c2ncccc12.[K+].[K+]. The van der Waals surface area contributed by atoms with Crippen LogP contribution in [0.5, 0.6) is 0 Å². The Morgan fingerprint density at radius 3 is 2.43 bits per heavy atom. The van der Waals surface area contributed by atoms with Crippen LogP contribution in [-0.4, -0.2) is 86.9 Å². The van der Waals surface area contributed by atoms with E-state index in [-0.39, 0.29) is 126 Å². The van der Waals surface area contributed by atoms with E-state index in [4.69, 9.17) is 0 Å². The third-order valence-electron chi connectivity index (χ3n) is 6.89. The zero-order valence-corrected chi connectivity index (χ0v) is 35.2. The summed E-state index contributed by atoms with van der Waals surface area (Å²) in [6.45, 7) is 2.20. The van der Waals surface area contributed by atoms with E-state index in [2.05, 4.69) is 35.7 Å². The number of aliphatic hydroxyl groups is 1. The second kappa shape index (κ2) is 18.0. The second-order valence-electron chi connectivity index (χ2n) is 10.5. The number of fused-ring (bicyclic) bond motifs is 2. The minimum atomic E-state index is -5.00. The fraction of sp³-hybridized carbons (Fsp3) is 0.179. The van der Waals surface area contributed by atoms with Crippen molar-refractivity contribution >= 4 is 72.4 Å². The summed E-state index contributed by atoms with van der Waals surface area (Å²) in [5.74, 6) is -3.40. The van der Waals surface area contributed by atoms with Crippen LogP contribution >= 0.6 is 0 Å². The average Bonchev–Trinajstić information content (AvgIpc) is 3.55. The Bertz CT molecular complexity index is 2300. The molecule has 2 atom stereocenters. The number of hydrogen-bond acceptors (Lipinski definition) is 15. The van der Waals surface area contributed by atoms with Gasteiger partial charge >= 0.3 is 115 Å². The maximum Gasteiger partial charge on any atom is 1.00 e. The quantitative estimate of drug-likeness (QED) is 0.0262. The van der Waals surface area contributed by atoms with Crippen molar-refractivity contribution in [1.82, 2.24) is 24.8 Å². The first-order valence-corrected chi connectivity index (χ1v) is 16.4. The number of carboxylic acid groups (broad SMARTS) is 2. The summed E-state index contributed by atoms with van der Waals surface area (Å²) < 4.78 is 58.5. The molecule has 19 nitrogen and oxygen atoms in total. The molecule has 0 aliphatic carbocycles. The molecule has 2 aromatic carbocycles. The van der Waals surface area contributed by atoms with Gasteiger partial charge in [0.25, 0.3) is 0 Å². The van der Waals surface area contributed by atoms with Crippen molar-refractivity contribution in [2.75, 3.05) is 23.3 Å². The van der Waals surface area contributed by atoms with E-state index in [0.717, 1.165) is 12.1 Å². The number of aromatic amines is 1. The van der Waals surface area contributed by atoms with Crippen molar-refractivity contribution in [3.63, 3.8) is 0 Å². The largest absolute Gasteiger partial charge is 1.00 e. The Morgan fingerprint density at radius 2 is 1.80 bits per heavy atom. The third kappa shape index (κ3) is 10.6. The van der Waals surface area contributed by atoms with Crippen LogP contribution in [0.1, 0.15) is 24.4 Å². The Balaban J connectivity index is 0.00000351. The molecule has 23 heteroatoms. The van der Waals surface area contributed by atoms with Gasteiger partial charge in [-0.05, 0) is 66.5 Å². The van der Waals surface area contributed by atoms with Gasteiger partial charge in [-0.25, -0.2) is 13.4 Å². The minimum Gasteiger partial charge on any atom is -0.768 e. The molecule has 256 valence electrons. The van der Waals surface area contributed by atoms with E-state index >= 15 is 0 Å². The van der Waals surface area contributed by atoms with Crippen molar-refractivity contribution in [2.24, 2.45) is 10.2 Å². The molecular formula is C28H25K2N9O10S2. The van der Waals surface area contributed by atoms with Gasteiger partial charge in [-0.15, -0.1) is 15.3 Å². The van der Waals surface area contributed by atoms with E-state index in [1.807, 2.05) is 0 Å². The summed E-state index contributed by atoms with van der Waals surface area (Å²) in [5.41, 5.74) is 1.90. The zero-order chi connectivity index (χ0) is 35.6. The number of aryl methyl sites for hydroxylation is 1. The van der Waals surface area contributed by atoms with Crippen LogP contribution in [0.25, 0.3) is 16.6 Å². The number of carboxylic acids is 2. The Morgan fingerprint density at radius 1 is 1.12 bits per heavy atom. The number of nitrogens with zero attached hydrogens (tertiary/aromatic N) is 7. The monoisotopic (exact) mass is 789 g/mol. The molecule has 51 heavy (non-hydrogen) atoms. The molecule has 5 aromatic rings. The number of aliphatic carboxylic acids is 2. The molecule has 5 N–H and O–H groups in total. The number of hydrogen-bond donors (Lipinski definition) is 5. The maximum absolute atomic E-state index is 11.5. The number of rotatable bonds is 13. The van der Waals surface area contributed by atoms with E-state index in [0.29, 0.717) is 34.0 Å². The predicted molar refractivity (Wildman–Crippen MR) is 170 cm³/mol. The third-order valence-corrected chi connectivity index (χ3v) is 8.32. The van der Waals surface area contributed by atoms with Crippen LogP contribution in [0, 0.1) is 6.92 Å². The van der Waals surface area contributed by atoms with Crippen molar-refractivity contribution in [1.29, 1.82) is 0 Å². The van der Waals surface area contributed by atoms with Crippen LogP contribution in [-0.2, 0) is 30.8 Å². The summed E-state index contributed by atoms with van der Waals surface area (Å²) in [6, 6.07) is 8.98. The fourth-order valence-corrected chi connectivity index (χ4v) is 5.84. The molecule has 0 aliphatic heterocycles. The second-order valence-corrected chi connectivity index (χ2v) is 12.8. The summed E-state index contributed by atoms with van der Waals surface area (Å²) in [7, 11) is -5.00. The molecular weight excluding hydrogens is 765 g/mol. The smallest absolute Gasteiger partial charge is 0.768 e. The molecule has 3 aromatic heterocycles. The van der Waals surface area contributed by atoms with E-state index < -0.39 is 67.8 Å².